The Balaban J connectivity index is 1.44. The fourth-order valence-electron chi connectivity index (χ4n) is 4.15. The molecule has 0 spiro atoms. The normalized spacial score (nSPS) is 20.7. The summed E-state index contributed by atoms with van der Waals surface area (Å²) in [5.74, 6) is -2.79. The molecule has 2 fully saturated rings. The van der Waals surface area contributed by atoms with Crippen LogP contribution in [0.15, 0.2) is 48.9 Å². The number of allylic oxidation sites excluding steroid dienone is 1. The molecule has 0 aromatic carbocycles. The van der Waals surface area contributed by atoms with Crippen LogP contribution >= 0.6 is 0 Å². The molecule has 7 nitrogen and oxygen atoms in total. The molecule has 2 aromatic heterocycles. The number of methoxy groups -OCH3 is 1. The van der Waals surface area contributed by atoms with E-state index in [0.717, 1.165) is 30.9 Å². The number of nitriles is 1. The summed E-state index contributed by atoms with van der Waals surface area (Å²) in [6, 6.07) is 6.92. The van der Waals surface area contributed by atoms with Gasteiger partial charge in [0.05, 0.1) is 18.9 Å². The zero-order valence-corrected chi connectivity index (χ0v) is 16.9. The Morgan fingerprint density at radius 3 is 2.61 bits per heavy atom. The van der Waals surface area contributed by atoms with E-state index in [4.69, 9.17) is 10.00 Å². The molecule has 2 saturated heterocycles. The van der Waals surface area contributed by atoms with Crippen molar-refractivity contribution in [1.29, 1.82) is 5.26 Å². The van der Waals surface area contributed by atoms with Crippen molar-refractivity contribution in [2.45, 2.75) is 30.8 Å². The highest BCUT2D eigenvalue weighted by atomic mass is 19.3. The first-order chi connectivity index (χ1) is 14.9. The summed E-state index contributed by atoms with van der Waals surface area (Å²) < 4.78 is 34.0. The molecule has 2 bridgehead atoms. The number of halogens is 2. The second-order valence-electron chi connectivity index (χ2n) is 7.62. The van der Waals surface area contributed by atoms with Crippen LogP contribution in [0.4, 0.5) is 14.6 Å². The second-order valence-corrected chi connectivity index (χ2v) is 7.62. The van der Waals surface area contributed by atoms with E-state index in [2.05, 4.69) is 14.9 Å². The Bertz CT molecular complexity index is 1020. The van der Waals surface area contributed by atoms with Crippen LogP contribution < -0.4 is 9.64 Å². The number of hydrogen-bond acceptors (Lipinski definition) is 6. The third-order valence-corrected chi connectivity index (χ3v) is 5.70. The molecule has 2 aliphatic heterocycles. The minimum absolute atomic E-state index is 0.0691. The first-order valence-corrected chi connectivity index (χ1v) is 9.91. The summed E-state index contributed by atoms with van der Waals surface area (Å²) in [6.45, 7) is 0.876. The number of carbonyl (C=O) groups excluding carboxylic acids is 1. The maximum Gasteiger partial charge on any atom is 0.293 e. The quantitative estimate of drug-likeness (QED) is 0.685. The van der Waals surface area contributed by atoms with Gasteiger partial charge in [0.15, 0.2) is 0 Å². The van der Waals surface area contributed by atoms with Gasteiger partial charge in [-0.25, -0.2) is 4.98 Å². The van der Waals surface area contributed by atoms with E-state index >= 15 is 0 Å². The van der Waals surface area contributed by atoms with E-state index in [-0.39, 0.29) is 23.4 Å². The van der Waals surface area contributed by atoms with Crippen molar-refractivity contribution in [3.05, 3.63) is 60.1 Å². The molecule has 2 atom stereocenters. The smallest absolute Gasteiger partial charge is 0.293 e. The summed E-state index contributed by atoms with van der Waals surface area (Å²) >= 11 is 0. The first kappa shape index (κ1) is 20.7. The molecule has 2 aliphatic rings. The van der Waals surface area contributed by atoms with Crippen LogP contribution in [0.25, 0.3) is 0 Å². The zero-order valence-electron chi connectivity index (χ0n) is 16.9. The van der Waals surface area contributed by atoms with Gasteiger partial charge in [-0.1, -0.05) is 0 Å². The van der Waals surface area contributed by atoms with Gasteiger partial charge in [0.1, 0.15) is 17.6 Å². The van der Waals surface area contributed by atoms with Gasteiger partial charge in [0, 0.05) is 49.2 Å². The molecule has 1 unspecified atom stereocenters. The fraction of sp³-hybridized carbons (Fsp3) is 0.364. The van der Waals surface area contributed by atoms with E-state index in [1.54, 1.807) is 11.0 Å². The molecule has 0 aliphatic carbocycles. The third-order valence-electron chi connectivity index (χ3n) is 5.70. The molecule has 4 heterocycles. The van der Waals surface area contributed by atoms with E-state index < -0.39 is 11.8 Å². The molecule has 160 valence electrons. The average molecular weight is 425 g/mol. The van der Waals surface area contributed by atoms with Crippen LogP contribution in [0.2, 0.25) is 0 Å². The van der Waals surface area contributed by atoms with Gasteiger partial charge in [-0.2, -0.15) is 14.0 Å². The highest BCUT2D eigenvalue weighted by Gasteiger charge is 2.41. The highest BCUT2D eigenvalue weighted by Crippen LogP contribution is 2.35. The van der Waals surface area contributed by atoms with Crippen molar-refractivity contribution >= 4 is 11.7 Å². The SMILES string of the molecule is COc1cncc(C(F)(F)/C=C/C(=O)N2CC3CC[C@@H](C2)N3c2ccc(C#N)cn2)c1. The number of rotatable bonds is 5. The molecule has 9 heteroatoms. The Hall–Kier alpha value is -3.54. The number of aromatic nitrogens is 2. The topological polar surface area (TPSA) is 82.4 Å². The molecular weight excluding hydrogens is 404 g/mol. The largest absolute Gasteiger partial charge is 0.495 e. The fourth-order valence-corrected chi connectivity index (χ4v) is 4.15. The van der Waals surface area contributed by atoms with Crippen LogP contribution in [0, 0.1) is 11.3 Å². The van der Waals surface area contributed by atoms with Crippen molar-refractivity contribution in [2.75, 3.05) is 25.1 Å². The van der Waals surface area contributed by atoms with E-state index in [1.165, 1.54) is 25.6 Å². The number of anilines is 1. The van der Waals surface area contributed by atoms with Gasteiger partial charge in [-0.15, -0.1) is 0 Å². The van der Waals surface area contributed by atoms with Gasteiger partial charge in [0.2, 0.25) is 5.91 Å². The number of piperazine rings is 1. The summed E-state index contributed by atoms with van der Waals surface area (Å²) in [7, 11) is 1.37. The Kier molecular flexibility index (Phi) is 5.55. The maximum atomic E-state index is 14.5. The van der Waals surface area contributed by atoms with Gasteiger partial charge < -0.3 is 14.5 Å². The van der Waals surface area contributed by atoms with E-state index in [1.807, 2.05) is 12.1 Å². The number of ether oxygens (including phenoxy) is 1. The average Bonchev–Trinajstić information content (AvgIpc) is 3.06. The lowest BCUT2D eigenvalue weighted by Gasteiger charge is -2.41. The van der Waals surface area contributed by atoms with Gasteiger partial charge >= 0.3 is 0 Å². The molecule has 0 radical (unpaired) electrons. The second kappa shape index (κ2) is 8.30. The number of hydrogen-bond donors (Lipinski definition) is 0. The van der Waals surface area contributed by atoms with Crippen molar-refractivity contribution in [1.82, 2.24) is 14.9 Å². The molecule has 0 N–H and O–H groups in total. The number of amides is 1. The van der Waals surface area contributed by atoms with Crippen LogP contribution in [0.3, 0.4) is 0 Å². The number of pyridine rings is 2. The third kappa shape index (κ3) is 4.19. The van der Waals surface area contributed by atoms with Crippen molar-refractivity contribution in [3.8, 4) is 11.8 Å². The molecule has 1 amide bonds. The van der Waals surface area contributed by atoms with E-state index in [0.29, 0.717) is 24.7 Å². The summed E-state index contributed by atoms with van der Waals surface area (Å²) in [4.78, 5) is 24.5. The lowest BCUT2D eigenvalue weighted by Crippen LogP contribution is -2.55. The van der Waals surface area contributed by atoms with Gasteiger partial charge in [-0.05, 0) is 37.1 Å². The monoisotopic (exact) mass is 425 g/mol. The van der Waals surface area contributed by atoms with Gasteiger partial charge in [0.25, 0.3) is 5.92 Å². The van der Waals surface area contributed by atoms with Crippen LogP contribution in [-0.2, 0) is 10.7 Å². The maximum absolute atomic E-state index is 14.5. The zero-order chi connectivity index (χ0) is 22.0. The number of alkyl halides is 2. The summed E-state index contributed by atoms with van der Waals surface area (Å²) in [5.41, 5.74) is 0.148. The van der Waals surface area contributed by atoms with Crippen molar-refractivity contribution in [2.24, 2.45) is 0 Å². The molecule has 2 aromatic rings. The summed E-state index contributed by atoms with van der Waals surface area (Å²) in [5, 5.41) is 8.94. The standard InChI is InChI=1S/C22H21F2N5O2/c1-31-19-8-16(11-26-12-19)22(23,24)7-6-21(30)28-13-17-3-4-18(14-28)29(17)20-5-2-15(9-25)10-27-20/h2,5-8,10-12,17-18H,3-4,13-14H2,1H3/b7-6+/t17-,18?/m0/s1. The van der Waals surface area contributed by atoms with Crippen LogP contribution in [0.5, 0.6) is 5.75 Å². The van der Waals surface area contributed by atoms with E-state index in [9.17, 15) is 13.6 Å². The highest BCUT2D eigenvalue weighted by molar-refractivity contribution is 5.88. The Labute approximate surface area is 178 Å². The lowest BCUT2D eigenvalue weighted by molar-refractivity contribution is -0.127. The van der Waals surface area contributed by atoms with Crippen LogP contribution in [0.1, 0.15) is 24.0 Å². The molecular formula is C22H21F2N5O2. The molecule has 0 saturated carbocycles. The number of carbonyl (C=O) groups is 1. The Morgan fingerprint density at radius 1 is 1.26 bits per heavy atom. The van der Waals surface area contributed by atoms with Gasteiger partial charge in [-0.3, -0.25) is 9.78 Å². The predicted octanol–water partition coefficient (Wildman–Crippen LogP) is 2.88. The minimum Gasteiger partial charge on any atom is -0.495 e. The minimum atomic E-state index is -3.34. The van der Waals surface area contributed by atoms with Crippen molar-refractivity contribution < 1.29 is 18.3 Å². The molecule has 31 heavy (non-hydrogen) atoms. The number of likely N-dealkylation sites (tertiary alicyclic amines) is 1. The Morgan fingerprint density at radius 2 is 2.00 bits per heavy atom. The van der Waals surface area contributed by atoms with Crippen molar-refractivity contribution in [3.63, 3.8) is 0 Å². The summed E-state index contributed by atoms with van der Waals surface area (Å²) in [6.07, 6.45) is 7.27. The first-order valence-electron chi connectivity index (χ1n) is 9.91. The number of fused-ring (bicyclic) bond motifs is 2. The number of nitrogens with zero attached hydrogens (tertiary/aromatic N) is 5. The predicted molar refractivity (Wildman–Crippen MR) is 109 cm³/mol. The lowest BCUT2D eigenvalue weighted by atomic mass is 10.1. The molecule has 4 rings (SSSR count). The van der Waals surface area contributed by atoms with Crippen LogP contribution in [-0.4, -0.2) is 53.1 Å².